The lowest BCUT2D eigenvalue weighted by molar-refractivity contribution is -0.115. The van der Waals surface area contributed by atoms with E-state index in [4.69, 9.17) is 4.42 Å². The van der Waals surface area contributed by atoms with Crippen molar-refractivity contribution in [3.63, 3.8) is 0 Å². The van der Waals surface area contributed by atoms with E-state index in [1.165, 1.54) is 31.0 Å². The number of carbonyl (C=O) groups excluding carboxylic acids is 1. The van der Waals surface area contributed by atoms with Crippen LogP contribution in [0.25, 0.3) is 11.6 Å². The Morgan fingerprint density at radius 3 is 2.62 bits per heavy atom. The Morgan fingerprint density at radius 2 is 1.93 bits per heavy atom. The van der Waals surface area contributed by atoms with Gasteiger partial charge in [0.05, 0.1) is 11.5 Å². The van der Waals surface area contributed by atoms with Gasteiger partial charge in [-0.05, 0) is 51.0 Å². The van der Waals surface area contributed by atoms with Crippen LogP contribution in [0.5, 0.6) is 0 Å². The van der Waals surface area contributed by atoms with Crippen molar-refractivity contribution < 1.29 is 9.21 Å². The molecular weight excluding hydrogens is 384 g/mol. The van der Waals surface area contributed by atoms with Gasteiger partial charge in [-0.2, -0.15) is 0 Å². The zero-order chi connectivity index (χ0) is 20.2. The summed E-state index contributed by atoms with van der Waals surface area (Å²) in [5.74, 6) is 1.42. The molecule has 2 aromatic heterocycles. The molecule has 0 aliphatic heterocycles. The van der Waals surface area contributed by atoms with Crippen LogP contribution < -0.4 is 5.32 Å². The van der Waals surface area contributed by atoms with Crippen LogP contribution in [-0.2, 0) is 4.79 Å². The molecule has 0 bridgehead atoms. The molecule has 1 aliphatic carbocycles. The van der Waals surface area contributed by atoms with Crippen molar-refractivity contribution in [2.45, 2.75) is 62.4 Å². The highest BCUT2D eigenvalue weighted by molar-refractivity contribution is 8.00. The minimum absolute atomic E-state index is 0.0448. The maximum absolute atomic E-state index is 12.7. The number of carbonyl (C=O) groups is 1. The molecular formula is C22H26N4O2S. The van der Waals surface area contributed by atoms with Crippen LogP contribution in [0, 0.1) is 6.92 Å². The van der Waals surface area contributed by atoms with Gasteiger partial charge >= 0.3 is 0 Å². The lowest BCUT2D eigenvalue weighted by Crippen LogP contribution is -2.23. The molecule has 29 heavy (non-hydrogen) atoms. The van der Waals surface area contributed by atoms with Gasteiger partial charge in [0.15, 0.2) is 10.9 Å². The third kappa shape index (κ3) is 4.56. The molecule has 2 heterocycles. The maximum Gasteiger partial charge on any atom is 0.237 e. The van der Waals surface area contributed by atoms with Gasteiger partial charge in [-0.25, -0.2) is 0 Å². The number of hydrogen-bond donors (Lipinski definition) is 1. The predicted molar refractivity (Wildman–Crippen MR) is 115 cm³/mol. The van der Waals surface area contributed by atoms with Crippen LogP contribution in [0.1, 0.15) is 50.6 Å². The van der Waals surface area contributed by atoms with Gasteiger partial charge in [-0.15, -0.1) is 10.2 Å². The number of benzene rings is 1. The second-order valence-corrected chi connectivity index (χ2v) is 8.87. The van der Waals surface area contributed by atoms with Gasteiger partial charge in [0.2, 0.25) is 11.7 Å². The number of rotatable bonds is 6. The van der Waals surface area contributed by atoms with Crippen LogP contribution in [0.15, 0.2) is 52.2 Å². The number of furan rings is 1. The van der Waals surface area contributed by atoms with Gasteiger partial charge in [0.25, 0.3) is 0 Å². The molecule has 6 nitrogen and oxygen atoms in total. The summed E-state index contributed by atoms with van der Waals surface area (Å²) in [5.41, 5.74) is 1.97. The van der Waals surface area contributed by atoms with Gasteiger partial charge in [-0.3, -0.25) is 9.36 Å². The molecule has 1 aromatic carbocycles. The fraction of sp³-hybridized carbons (Fsp3) is 0.409. The van der Waals surface area contributed by atoms with Crippen LogP contribution >= 0.6 is 11.8 Å². The summed E-state index contributed by atoms with van der Waals surface area (Å²) >= 11 is 1.45. The van der Waals surface area contributed by atoms with Crippen molar-refractivity contribution in [1.82, 2.24) is 14.8 Å². The SMILES string of the molecule is Cc1ccc(NC(=O)[C@H](C)Sc2nnc(-c3ccco3)n2C2CCCCC2)cc1. The Morgan fingerprint density at radius 1 is 1.17 bits per heavy atom. The first-order chi connectivity index (χ1) is 14.1. The smallest absolute Gasteiger partial charge is 0.237 e. The van der Waals surface area contributed by atoms with Crippen LogP contribution in [0.4, 0.5) is 5.69 Å². The largest absolute Gasteiger partial charge is 0.461 e. The second-order valence-electron chi connectivity index (χ2n) is 7.56. The Kier molecular flexibility index (Phi) is 6.04. The zero-order valence-corrected chi connectivity index (χ0v) is 17.6. The third-order valence-electron chi connectivity index (χ3n) is 5.32. The molecule has 1 N–H and O–H groups in total. The highest BCUT2D eigenvalue weighted by atomic mass is 32.2. The molecule has 7 heteroatoms. The number of nitrogens with zero attached hydrogens (tertiary/aromatic N) is 3. The molecule has 1 aliphatic rings. The van der Waals surface area contributed by atoms with Crippen molar-refractivity contribution in [2.75, 3.05) is 5.32 Å². The Bertz CT molecular complexity index is 944. The lowest BCUT2D eigenvalue weighted by Gasteiger charge is -2.25. The number of anilines is 1. The number of aromatic nitrogens is 3. The van der Waals surface area contributed by atoms with Crippen LogP contribution in [0.3, 0.4) is 0 Å². The Balaban J connectivity index is 1.54. The average molecular weight is 411 g/mol. The summed E-state index contributed by atoms with van der Waals surface area (Å²) in [6.45, 7) is 3.93. The quantitative estimate of drug-likeness (QED) is 0.546. The molecule has 3 aromatic rings. The van der Waals surface area contributed by atoms with E-state index in [1.54, 1.807) is 6.26 Å². The van der Waals surface area contributed by atoms with Crippen LogP contribution in [0.2, 0.25) is 0 Å². The predicted octanol–water partition coefficient (Wildman–Crippen LogP) is 5.47. The van der Waals surface area contributed by atoms with Crippen molar-refractivity contribution in [1.29, 1.82) is 0 Å². The van der Waals surface area contributed by atoms with E-state index in [0.717, 1.165) is 35.1 Å². The molecule has 0 saturated heterocycles. The third-order valence-corrected chi connectivity index (χ3v) is 6.37. The summed E-state index contributed by atoms with van der Waals surface area (Å²) in [6, 6.07) is 11.9. The van der Waals surface area contributed by atoms with E-state index in [9.17, 15) is 4.79 Å². The average Bonchev–Trinajstić information content (AvgIpc) is 3.40. The summed E-state index contributed by atoms with van der Waals surface area (Å²) < 4.78 is 7.77. The fourth-order valence-electron chi connectivity index (χ4n) is 3.69. The van der Waals surface area contributed by atoms with Crippen molar-refractivity contribution in [3.8, 4) is 11.6 Å². The highest BCUT2D eigenvalue weighted by Gasteiger charge is 2.27. The molecule has 1 amide bonds. The monoisotopic (exact) mass is 410 g/mol. The summed E-state index contributed by atoms with van der Waals surface area (Å²) in [7, 11) is 0. The van der Waals surface area contributed by atoms with E-state index in [-0.39, 0.29) is 11.2 Å². The van der Waals surface area contributed by atoms with Gasteiger partial charge in [0, 0.05) is 11.7 Å². The van der Waals surface area contributed by atoms with Crippen molar-refractivity contribution in [2.24, 2.45) is 0 Å². The number of amides is 1. The number of nitrogens with one attached hydrogen (secondary N) is 1. The molecule has 152 valence electrons. The Labute approximate surface area is 175 Å². The van der Waals surface area contributed by atoms with Gasteiger partial charge in [0.1, 0.15) is 0 Å². The lowest BCUT2D eigenvalue weighted by atomic mass is 9.95. The van der Waals surface area contributed by atoms with E-state index in [2.05, 4.69) is 20.1 Å². The van der Waals surface area contributed by atoms with E-state index >= 15 is 0 Å². The molecule has 0 unspecified atom stereocenters. The normalized spacial score (nSPS) is 15.9. The molecule has 4 rings (SSSR count). The topological polar surface area (TPSA) is 73.0 Å². The minimum atomic E-state index is -0.299. The second kappa shape index (κ2) is 8.86. The van der Waals surface area contributed by atoms with Crippen molar-refractivity contribution >= 4 is 23.4 Å². The maximum atomic E-state index is 12.7. The van der Waals surface area contributed by atoms with Gasteiger partial charge in [-0.1, -0.05) is 48.7 Å². The zero-order valence-electron chi connectivity index (χ0n) is 16.8. The van der Waals surface area contributed by atoms with Gasteiger partial charge < -0.3 is 9.73 Å². The highest BCUT2D eigenvalue weighted by Crippen LogP contribution is 2.36. The molecule has 1 atom stereocenters. The first-order valence-corrected chi connectivity index (χ1v) is 11.0. The summed E-state index contributed by atoms with van der Waals surface area (Å²) in [6.07, 6.45) is 7.53. The number of aryl methyl sites for hydroxylation is 1. The van der Waals surface area contributed by atoms with E-state index in [0.29, 0.717) is 11.8 Å². The summed E-state index contributed by atoms with van der Waals surface area (Å²) in [4.78, 5) is 12.7. The molecule has 0 radical (unpaired) electrons. The van der Waals surface area contributed by atoms with E-state index < -0.39 is 0 Å². The molecule has 1 fully saturated rings. The first-order valence-electron chi connectivity index (χ1n) is 10.1. The fourth-order valence-corrected chi connectivity index (χ4v) is 4.61. The van der Waals surface area contributed by atoms with E-state index in [1.807, 2.05) is 50.2 Å². The molecule has 1 saturated carbocycles. The standard InChI is InChI=1S/C22H26N4O2S/c1-15-10-12-17(13-11-15)23-21(27)16(2)29-22-25-24-20(19-9-6-14-28-19)26(22)18-7-4-3-5-8-18/h6,9-14,16,18H,3-5,7-8H2,1-2H3,(H,23,27)/t16-/m0/s1. The number of thioether (sulfide) groups is 1. The Hall–Kier alpha value is -2.54. The minimum Gasteiger partial charge on any atom is -0.461 e. The van der Waals surface area contributed by atoms with Crippen LogP contribution in [-0.4, -0.2) is 25.9 Å². The first kappa shape index (κ1) is 19.8. The summed E-state index contributed by atoms with van der Waals surface area (Å²) in [5, 5.41) is 12.3. The molecule has 0 spiro atoms. The number of hydrogen-bond acceptors (Lipinski definition) is 5. The van der Waals surface area contributed by atoms with Crippen molar-refractivity contribution in [3.05, 3.63) is 48.2 Å².